The monoisotopic (exact) mass is 528 g/mol. The van der Waals surface area contributed by atoms with E-state index in [0.29, 0.717) is 17.9 Å². The molecular weight excluding hydrogens is 488 g/mol. The summed E-state index contributed by atoms with van der Waals surface area (Å²) < 4.78 is 11.5. The first-order valence-corrected chi connectivity index (χ1v) is 13.8. The number of carbonyl (C=O) groups excluding carboxylic acids is 2. The number of amides is 2. The minimum Gasteiger partial charge on any atom is -0.497 e. The van der Waals surface area contributed by atoms with E-state index in [2.05, 4.69) is 11.4 Å². The van der Waals surface area contributed by atoms with Crippen molar-refractivity contribution in [2.24, 2.45) is 0 Å². The Bertz CT molecular complexity index is 1270. The molecule has 0 heterocycles. The normalized spacial score (nSPS) is 14.1. The molecule has 0 bridgehead atoms. The van der Waals surface area contributed by atoms with Gasteiger partial charge in [-0.25, -0.2) is 0 Å². The van der Waals surface area contributed by atoms with Crippen LogP contribution in [0.2, 0.25) is 0 Å². The van der Waals surface area contributed by atoms with Gasteiger partial charge in [0.05, 0.1) is 7.11 Å². The maximum atomic E-state index is 13.9. The molecule has 3 aromatic rings. The summed E-state index contributed by atoms with van der Waals surface area (Å²) in [7, 11) is 1.62. The lowest BCUT2D eigenvalue weighted by atomic mass is 10.0. The molecule has 1 fully saturated rings. The summed E-state index contributed by atoms with van der Waals surface area (Å²) >= 11 is 0. The number of nitrogens with zero attached hydrogens (tertiary/aromatic N) is 1. The van der Waals surface area contributed by atoms with Crippen LogP contribution in [0.1, 0.15) is 53.5 Å². The Morgan fingerprint density at radius 1 is 0.949 bits per heavy atom. The maximum Gasteiger partial charge on any atom is 0.261 e. The van der Waals surface area contributed by atoms with Gasteiger partial charge in [0, 0.05) is 19.0 Å². The average Bonchev–Trinajstić information content (AvgIpc) is 3.45. The second-order valence-corrected chi connectivity index (χ2v) is 10.6. The number of ether oxygens (including phenoxy) is 2. The highest BCUT2D eigenvalue weighted by Gasteiger charge is 2.32. The van der Waals surface area contributed by atoms with E-state index in [0.717, 1.165) is 53.5 Å². The molecule has 4 rings (SSSR count). The summed E-state index contributed by atoms with van der Waals surface area (Å²) in [6.45, 7) is 6.15. The standard InChI is InChI=1S/C33H40N2O4/c1-23-17-24(2)25(3)31(18-23)39-22-32(36)35(21-27-13-10-16-29(19-27)38-4)30(20-26-11-6-5-7-12-26)33(37)34-28-14-8-9-15-28/h5-7,10-13,16-19,28,30H,8-9,14-15,20-22H2,1-4H3,(H,34,37). The molecule has 0 radical (unpaired) electrons. The van der Waals surface area contributed by atoms with E-state index in [9.17, 15) is 9.59 Å². The molecule has 1 N–H and O–H groups in total. The van der Waals surface area contributed by atoms with E-state index >= 15 is 0 Å². The van der Waals surface area contributed by atoms with Crippen molar-refractivity contribution in [1.29, 1.82) is 0 Å². The maximum absolute atomic E-state index is 13.9. The summed E-state index contributed by atoms with van der Waals surface area (Å²) in [6, 6.07) is 21.0. The van der Waals surface area contributed by atoms with Crippen LogP contribution in [0, 0.1) is 20.8 Å². The number of hydrogen-bond donors (Lipinski definition) is 1. The van der Waals surface area contributed by atoms with Crippen LogP contribution in [-0.2, 0) is 22.6 Å². The highest BCUT2D eigenvalue weighted by molar-refractivity contribution is 5.88. The second kappa shape index (κ2) is 13.3. The number of methoxy groups -OCH3 is 1. The number of carbonyl (C=O) groups is 2. The van der Waals surface area contributed by atoms with Gasteiger partial charge in [-0.1, -0.05) is 61.4 Å². The zero-order valence-electron chi connectivity index (χ0n) is 23.5. The van der Waals surface area contributed by atoms with Crippen molar-refractivity contribution in [3.05, 3.63) is 94.5 Å². The van der Waals surface area contributed by atoms with Crippen LogP contribution in [-0.4, -0.2) is 42.5 Å². The largest absolute Gasteiger partial charge is 0.497 e. The molecule has 3 aromatic carbocycles. The summed E-state index contributed by atoms with van der Waals surface area (Å²) in [6.07, 6.45) is 4.59. The Balaban J connectivity index is 1.64. The summed E-state index contributed by atoms with van der Waals surface area (Å²) in [4.78, 5) is 29.4. The lowest BCUT2D eigenvalue weighted by molar-refractivity contribution is -0.143. The van der Waals surface area contributed by atoms with E-state index in [4.69, 9.17) is 9.47 Å². The first-order valence-electron chi connectivity index (χ1n) is 13.8. The van der Waals surface area contributed by atoms with Crippen LogP contribution in [0.15, 0.2) is 66.7 Å². The van der Waals surface area contributed by atoms with Crippen LogP contribution < -0.4 is 14.8 Å². The van der Waals surface area contributed by atoms with Gasteiger partial charge in [-0.05, 0) is 79.6 Å². The topological polar surface area (TPSA) is 67.9 Å². The van der Waals surface area contributed by atoms with Crippen molar-refractivity contribution in [1.82, 2.24) is 10.2 Å². The van der Waals surface area contributed by atoms with Crippen molar-refractivity contribution >= 4 is 11.8 Å². The predicted molar refractivity (Wildman–Crippen MR) is 154 cm³/mol. The summed E-state index contributed by atoms with van der Waals surface area (Å²) in [5, 5.41) is 3.24. The number of hydrogen-bond acceptors (Lipinski definition) is 4. The zero-order chi connectivity index (χ0) is 27.8. The number of rotatable bonds is 11. The molecule has 0 aromatic heterocycles. The molecule has 1 atom stereocenters. The van der Waals surface area contributed by atoms with Crippen LogP contribution in [0.3, 0.4) is 0 Å². The number of aryl methyl sites for hydroxylation is 2. The third kappa shape index (κ3) is 7.62. The van der Waals surface area contributed by atoms with Gasteiger partial charge < -0.3 is 19.7 Å². The van der Waals surface area contributed by atoms with E-state index in [1.54, 1.807) is 12.0 Å². The molecule has 0 saturated heterocycles. The van der Waals surface area contributed by atoms with Gasteiger partial charge >= 0.3 is 0 Å². The quantitative estimate of drug-likeness (QED) is 0.347. The molecule has 0 spiro atoms. The van der Waals surface area contributed by atoms with E-state index in [1.807, 2.05) is 81.4 Å². The van der Waals surface area contributed by atoms with Crippen LogP contribution in [0.4, 0.5) is 0 Å². The van der Waals surface area contributed by atoms with E-state index in [-0.39, 0.29) is 31.0 Å². The van der Waals surface area contributed by atoms with Gasteiger partial charge in [0.15, 0.2) is 6.61 Å². The molecule has 1 unspecified atom stereocenters. The van der Waals surface area contributed by atoms with Gasteiger partial charge in [0.2, 0.25) is 5.91 Å². The fourth-order valence-electron chi connectivity index (χ4n) is 5.26. The molecule has 1 aliphatic rings. The highest BCUT2D eigenvalue weighted by Crippen LogP contribution is 2.25. The smallest absolute Gasteiger partial charge is 0.261 e. The fraction of sp³-hybridized carbons (Fsp3) is 0.394. The number of benzene rings is 3. The Hall–Kier alpha value is -3.80. The summed E-state index contributed by atoms with van der Waals surface area (Å²) in [5.74, 6) is 1.04. The Labute approximate surface area is 232 Å². The van der Waals surface area contributed by atoms with E-state index < -0.39 is 6.04 Å². The van der Waals surface area contributed by atoms with Crippen molar-refractivity contribution in [2.45, 2.75) is 71.5 Å². The third-order valence-corrected chi connectivity index (χ3v) is 7.57. The van der Waals surface area contributed by atoms with Gasteiger partial charge in [-0.15, -0.1) is 0 Å². The molecule has 1 aliphatic carbocycles. The van der Waals surface area contributed by atoms with Crippen molar-refractivity contribution in [3.8, 4) is 11.5 Å². The molecule has 1 saturated carbocycles. The second-order valence-electron chi connectivity index (χ2n) is 10.6. The summed E-state index contributed by atoms with van der Waals surface area (Å²) in [5.41, 5.74) is 5.08. The van der Waals surface area contributed by atoms with Crippen molar-refractivity contribution < 1.29 is 19.1 Å². The fourth-order valence-corrected chi connectivity index (χ4v) is 5.26. The Kier molecular flexibility index (Phi) is 9.64. The molecule has 0 aliphatic heterocycles. The van der Waals surface area contributed by atoms with Gasteiger partial charge in [0.25, 0.3) is 5.91 Å². The van der Waals surface area contributed by atoms with Crippen LogP contribution in [0.25, 0.3) is 0 Å². The minimum atomic E-state index is -0.685. The third-order valence-electron chi connectivity index (χ3n) is 7.57. The SMILES string of the molecule is COc1cccc(CN(C(=O)COc2cc(C)cc(C)c2C)C(Cc2ccccc2)C(=O)NC2CCCC2)c1. The lowest BCUT2D eigenvalue weighted by Crippen LogP contribution is -2.53. The van der Waals surface area contributed by atoms with Gasteiger partial charge in [-0.3, -0.25) is 9.59 Å². The first-order chi connectivity index (χ1) is 18.8. The van der Waals surface area contributed by atoms with E-state index in [1.165, 1.54) is 0 Å². The van der Waals surface area contributed by atoms with Crippen molar-refractivity contribution in [2.75, 3.05) is 13.7 Å². The van der Waals surface area contributed by atoms with Crippen molar-refractivity contribution in [3.63, 3.8) is 0 Å². The molecule has 6 nitrogen and oxygen atoms in total. The van der Waals surface area contributed by atoms with Gasteiger partial charge in [0.1, 0.15) is 17.5 Å². The molecule has 206 valence electrons. The van der Waals surface area contributed by atoms with Crippen LogP contribution in [0.5, 0.6) is 11.5 Å². The molecule has 6 heteroatoms. The van der Waals surface area contributed by atoms with Crippen LogP contribution >= 0.6 is 0 Å². The Morgan fingerprint density at radius 2 is 1.67 bits per heavy atom. The Morgan fingerprint density at radius 3 is 2.38 bits per heavy atom. The minimum absolute atomic E-state index is 0.121. The highest BCUT2D eigenvalue weighted by atomic mass is 16.5. The lowest BCUT2D eigenvalue weighted by Gasteiger charge is -2.32. The number of nitrogens with one attached hydrogen (secondary N) is 1. The molecule has 2 amide bonds. The molecular formula is C33H40N2O4. The van der Waals surface area contributed by atoms with Gasteiger partial charge in [-0.2, -0.15) is 0 Å². The predicted octanol–water partition coefficient (Wildman–Crippen LogP) is 5.70. The molecule has 39 heavy (non-hydrogen) atoms. The zero-order valence-corrected chi connectivity index (χ0v) is 23.5. The first kappa shape index (κ1) is 28.2. The average molecular weight is 529 g/mol.